The average molecular weight is 730 g/mol. The maximum Gasteiger partial charge on any atom is 0.306 e. The van der Waals surface area contributed by atoms with Crippen LogP contribution in [0.4, 0.5) is 0 Å². The topological polar surface area (TPSA) is 157 Å². The van der Waals surface area contributed by atoms with E-state index in [0.29, 0.717) is 25.7 Å². The van der Waals surface area contributed by atoms with Crippen LogP contribution in [0.1, 0.15) is 85.5 Å². The zero-order valence-electron chi connectivity index (χ0n) is 31.8. The molecule has 0 aromatic rings. The number of carbonyl (C=O) groups excluding carboxylic acids is 2. The first-order valence-electron chi connectivity index (χ1n) is 19.5. The standard InChI is InChI=1S/C39H59N3O10/c1-8-24-10-9-11-32(52-34-15-14-31(41-42-40)21(3)48-34)20(2)35(44)30-18-28-26(29(30)19-33(43)50-24)13-12-23-16-25(17-27(23)28)51-39-38(47-7)37(46-6)36(45-5)22(4)49-39/h12-13,18,20-29,31-32,34,36-39H,8-11,14-17,19H2,1-7H3/t20-,21+,22-,23+,24+,25+,26+,27+,28+,29-,31+,32-,34-,36-,37+,38+,39-/m0/s1. The number of fused-ring (bicyclic) bond motifs is 5. The van der Waals surface area contributed by atoms with Gasteiger partial charge in [0.15, 0.2) is 18.4 Å². The van der Waals surface area contributed by atoms with Gasteiger partial charge in [0.25, 0.3) is 0 Å². The first kappa shape index (κ1) is 39.3. The zero-order valence-corrected chi connectivity index (χ0v) is 31.8. The maximum atomic E-state index is 14.6. The van der Waals surface area contributed by atoms with E-state index in [-0.39, 0.29) is 96.5 Å². The van der Waals surface area contributed by atoms with Crippen LogP contribution in [-0.2, 0) is 47.5 Å². The van der Waals surface area contributed by atoms with E-state index in [0.717, 1.165) is 31.3 Å². The molecule has 6 rings (SSSR count). The van der Waals surface area contributed by atoms with Gasteiger partial charge in [-0.15, -0.1) is 0 Å². The van der Waals surface area contributed by atoms with Crippen LogP contribution in [0.5, 0.6) is 0 Å². The molecule has 290 valence electrons. The molecule has 4 fully saturated rings. The number of nitrogens with zero attached hydrogens (tertiary/aromatic N) is 3. The lowest BCUT2D eigenvalue weighted by Gasteiger charge is -2.44. The third kappa shape index (κ3) is 8.17. The first-order chi connectivity index (χ1) is 25.1. The number of azide groups is 1. The molecule has 0 amide bonds. The minimum atomic E-state index is -0.611. The summed E-state index contributed by atoms with van der Waals surface area (Å²) in [4.78, 5) is 31.0. The van der Waals surface area contributed by atoms with Gasteiger partial charge in [-0.2, -0.15) is 0 Å². The van der Waals surface area contributed by atoms with E-state index in [1.807, 2.05) is 27.7 Å². The van der Waals surface area contributed by atoms with E-state index in [9.17, 15) is 9.59 Å². The molecule has 52 heavy (non-hydrogen) atoms. The Morgan fingerprint density at radius 2 is 1.65 bits per heavy atom. The number of esters is 1. The van der Waals surface area contributed by atoms with Crippen LogP contribution in [-0.4, -0.2) is 101 Å². The number of ketones is 1. The van der Waals surface area contributed by atoms with Crippen molar-refractivity contribution in [3.8, 4) is 0 Å². The lowest BCUT2D eigenvalue weighted by molar-refractivity contribution is -0.314. The van der Waals surface area contributed by atoms with E-state index in [2.05, 4.69) is 28.3 Å². The molecule has 0 N–H and O–H groups in total. The fourth-order valence-corrected chi connectivity index (χ4v) is 9.94. The fourth-order valence-electron chi connectivity index (χ4n) is 9.94. The molecule has 3 aliphatic heterocycles. The Morgan fingerprint density at radius 1 is 0.885 bits per heavy atom. The van der Waals surface area contributed by atoms with Crippen molar-refractivity contribution in [2.24, 2.45) is 40.6 Å². The van der Waals surface area contributed by atoms with Crippen molar-refractivity contribution in [2.75, 3.05) is 21.3 Å². The predicted molar refractivity (Wildman–Crippen MR) is 190 cm³/mol. The number of cyclic esters (lactones) is 1. The second kappa shape index (κ2) is 17.4. The summed E-state index contributed by atoms with van der Waals surface area (Å²) < 4.78 is 49.1. The van der Waals surface area contributed by atoms with Gasteiger partial charge in [0.05, 0.1) is 36.9 Å². The Kier molecular flexibility index (Phi) is 13.2. The largest absolute Gasteiger partial charge is 0.462 e. The molecule has 13 nitrogen and oxygen atoms in total. The molecule has 6 aliphatic rings. The van der Waals surface area contributed by atoms with Gasteiger partial charge in [-0.1, -0.05) is 37.2 Å². The predicted octanol–water partition coefficient (Wildman–Crippen LogP) is 6.24. The molecule has 0 spiro atoms. The highest BCUT2D eigenvalue weighted by Crippen LogP contribution is 2.54. The van der Waals surface area contributed by atoms with E-state index in [1.54, 1.807) is 21.3 Å². The third-order valence-electron chi connectivity index (χ3n) is 12.8. The minimum absolute atomic E-state index is 0.0132. The minimum Gasteiger partial charge on any atom is -0.462 e. The molecule has 13 heteroatoms. The van der Waals surface area contributed by atoms with Gasteiger partial charge >= 0.3 is 5.97 Å². The van der Waals surface area contributed by atoms with E-state index < -0.39 is 24.6 Å². The molecule has 0 bridgehead atoms. The van der Waals surface area contributed by atoms with E-state index >= 15 is 0 Å². The number of rotatable bonds is 9. The van der Waals surface area contributed by atoms with Gasteiger partial charge in [-0.05, 0) is 100.0 Å². The van der Waals surface area contributed by atoms with Crippen molar-refractivity contribution in [1.82, 2.24) is 0 Å². The van der Waals surface area contributed by atoms with Gasteiger partial charge in [-0.25, -0.2) is 0 Å². The number of Topliss-reactive ketones (excluding diaryl/α,β-unsaturated/α-hetero) is 1. The van der Waals surface area contributed by atoms with Crippen molar-refractivity contribution < 1.29 is 47.5 Å². The normalized spacial score (nSPS) is 45.4. The Bertz CT molecular complexity index is 1370. The van der Waals surface area contributed by atoms with Crippen molar-refractivity contribution >= 4 is 11.8 Å². The van der Waals surface area contributed by atoms with E-state index in [1.165, 1.54) is 0 Å². The van der Waals surface area contributed by atoms with E-state index in [4.69, 9.17) is 43.4 Å². The van der Waals surface area contributed by atoms with Gasteiger partial charge in [0.1, 0.15) is 24.4 Å². The third-order valence-corrected chi connectivity index (χ3v) is 12.8. The van der Waals surface area contributed by atoms with Crippen molar-refractivity contribution in [3.63, 3.8) is 0 Å². The smallest absolute Gasteiger partial charge is 0.306 e. The summed E-state index contributed by atoms with van der Waals surface area (Å²) in [5, 5.41) is 3.88. The number of allylic oxidation sites excluding steroid dienone is 4. The van der Waals surface area contributed by atoms with Crippen molar-refractivity contribution in [1.29, 1.82) is 0 Å². The molecular weight excluding hydrogens is 670 g/mol. The van der Waals surface area contributed by atoms with Crippen LogP contribution < -0.4 is 0 Å². The number of ether oxygens (including phenoxy) is 8. The fraction of sp³-hybridized carbons (Fsp3) is 0.846. The number of carbonyl (C=O) groups is 2. The van der Waals surface area contributed by atoms with Crippen LogP contribution >= 0.6 is 0 Å². The highest BCUT2D eigenvalue weighted by molar-refractivity contribution is 5.99. The summed E-state index contributed by atoms with van der Waals surface area (Å²) in [6.45, 7) is 7.85. The monoisotopic (exact) mass is 729 g/mol. The van der Waals surface area contributed by atoms with Gasteiger partial charge in [0, 0.05) is 38.1 Å². The van der Waals surface area contributed by atoms with Gasteiger partial charge in [0.2, 0.25) is 0 Å². The molecule has 0 aromatic carbocycles. The molecular formula is C39H59N3O10. The highest BCUT2D eigenvalue weighted by Gasteiger charge is 2.52. The molecule has 17 atom stereocenters. The Labute approximate surface area is 308 Å². The van der Waals surface area contributed by atoms with Crippen molar-refractivity contribution in [3.05, 3.63) is 34.2 Å². The molecule has 3 aliphatic carbocycles. The second-order valence-electron chi connectivity index (χ2n) is 15.7. The lowest BCUT2D eigenvalue weighted by atomic mass is 9.70. The maximum absolute atomic E-state index is 14.6. The zero-order chi connectivity index (χ0) is 37.1. The Balaban J connectivity index is 1.21. The molecule has 3 saturated heterocycles. The van der Waals surface area contributed by atoms with Crippen LogP contribution in [0, 0.1) is 35.5 Å². The Morgan fingerprint density at radius 3 is 2.35 bits per heavy atom. The highest BCUT2D eigenvalue weighted by atomic mass is 16.7. The van der Waals surface area contributed by atoms with Crippen LogP contribution in [0.15, 0.2) is 28.9 Å². The van der Waals surface area contributed by atoms with Gasteiger partial charge < -0.3 is 37.9 Å². The molecule has 3 heterocycles. The number of hydrogen-bond acceptors (Lipinski definition) is 11. The summed E-state index contributed by atoms with van der Waals surface area (Å²) in [5.41, 5.74) is 9.66. The average Bonchev–Trinajstić information content (AvgIpc) is 3.71. The van der Waals surface area contributed by atoms with Gasteiger partial charge in [-0.3, -0.25) is 9.59 Å². The van der Waals surface area contributed by atoms with Crippen molar-refractivity contribution in [2.45, 2.75) is 153 Å². The first-order valence-corrected chi connectivity index (χ1v) is 19.5. The number of hydrogen-bond donors (Lipinski definition) is 0. The van der Waals surface area contributed by atoms with Crippen LogP contribution in [0.25, 0.3) is 10.4 Å². The number of methoxy groups -OCH3 is 3. The molecule has 0 radical (unpaired) electrons. The van der Waals surface area contributed by atoms with Crippen LogP contribution in [0.3, 0.4) is 0 Å². The lowest BCUT2D eigenvalue weighted by Crippen LogP contribution is -2.59. The van der Waals surface area contributed by atoms with Crippen LogP contribution in [0.2, 0.25) is 0 Å². The Hall–Kier alpha value is -2.35. The quantitative estimate of drug-likeness (QED) is 0.0876. The SMILES string of the molecule is CC[C@@H]1CCC[C@H](O[C@H]2CC[C@@H](N=[N+]=[N-])[C@@H](C)O2)[C@H](C)C(=O)C2=C[C@@H]3[C@@H](C=C[C@@H]4C[C@@H](O[C@@H]5O[C@@H](C)[C@H](OC)[C@@H](OC)[C@H]5OC)C[C@@H]34)[C@@H]2CC(=O)O1. The molecule has 0 aromatic heterocycles. The summed E-state index contributed by atoms with van der Waals surface area (Å²) in [6.07, 6.45) is 9.23. The summed E-state index contributed by atoms with van der Waals surface area (Å²) in [7, 11) is 4.94. The summed E-state index contributed by atoms with van der Waals surface area (Å²) in [5.74, 6) is -0.287. The molecule has 0 unspecified atom stereocenters. The molecule has 1 saturated carbocycles. The summed E-state index contributed by atoms with van der Waals surface area (Å²) in [6, 6.07) is -0.240. The second-order valence-corrected chi connectivity index (χ2v) is 15.7. The summed E-state index contributed by atoms with van der Waals surface area (Å²) >= 11 is 0.